The van der Waals surface area contributed by atoms with Crippen LogP contribution in [0.1, 0.15) is 62.8 Å². The number of fused-ring (bicyclic) bond motifs is 1. The minimum atomic E-state index is -2.17. The molecule has 0 unspecified atom stereocenters. The highest BCUT2D eigenvalue weighted by molar-refractivity contribution is 6.74. The van der Waals surface area contributed by atoms with Crippen molar-refractivity contribution in [3.63, 3.8) is 0 Å². The first-order chi connectivity index (χ1) is 20.6. The van der Waals surface area contributed by atoms with Gasteiger partial charge in [-0.15, -0.1) is 11.6 Å². The third-order valence-corrected chi connectivity index (χ3v) is 13.3. The van der Waals surface area contributed by atoms with Gasteiger partial charge in [-0.2, -0.15) is 0 Å². The molecule has 230 valence electrons. The Bertz CT molecular complexity index is 1490. The molecule has 1 heterocycles. The maximum Gasteiger partial charge on any atom is 0.248 e. The van der Waals surface area contributed by atoms with Crippen LogP contribution in [0.3, 0.4) is 0 Å². The molecule has 7 heteroatoms. The second-order valence-electron chi connectivity index (χ2n) is 12.9. The van der Waals surface area contributed by atoms with Crippen molar-refractivity contribution in [2.75, 3.05) is 19.0 Å². The van der Waals surface area contributed by atoms with Gasteiger partial charge >= 0.3 is 0 Å². The van der Waals surface area contributed by atoms with Crippen LogP contribution in [0.15, 0.2) is 89.7 Å². The Kier molecular flexibility index (Phi) is 11.7. The zero-order valence-corrected chi connectivity index (χ0v) is 28.1. The Balaban J connectivity index is 1.73. The fourth-order valence-corrected chi connectivity index (χ4v) is 6.49. The van der Waals surface area contributed by atoms with Gasteiger partial charge in [-0.3, -0.25) is 9.69 Å². The molecule has 0 aliphatic heterocycles. The summed E-state index contributed by atoms with van der Waals surface area (Å²) in [5, 5.41) is 0.995. The SMILES string of the molecule is CC(C)(C)[Si](C)(C)O[C@@H](CN(CCCCCCl)Cc1ccccc1)c1ccc(OCc2ccccc2)c2[nH]c(=O)ccc12. The van der Waals surface area contributed by atoms with E-state index < -0.39 is 8.32 Å². The van der Waals surface area contributed by atoms with Crippen LogP contribution < -0.4 is 10.3 Å². The molecule has 1 N–H and O–H groups in total. The lowest BCUT2D eigenvalue weighted by Gasteiger charge is -2.41. The molecular formula is C36H47ClN2O3Si. The van der Waals surface area contributed by atoms with Crippen LogP contribution in [-0.2, 0) is 17.6 Å². The summed E-state index contributed by atoms with van der Waals surface area (Å²) in [5.74, 6) is 1.35. The first-order valence-electron chi connectivity index (χ1n) is 15.4. The molecule has 0 aliphatic rings. The predicted octanol–water partition coefficient (Wildman–Crippen LogP) is 9.08. The smallest absolute Gasteiger partial charge is 0.248 e. The van der Waals surface area contributed by atoms with Crippen molar-refractivity contribution in [1.82, 2.24) is 9.88 Å². The Hall–Kier alpha value is -2.90. The number of pyridine rings is 1. The average Bonchev–Trinajstić information content (AvgIpc) is 2.98. The second kappa shape index (κ2) is 15.2. The first kappa shape index (κ1) is 33.0. The van der Waals surface area contributed by atoms with Crippen LogP contribution in [0.2, 0.25) is 18.1 Å². The van der Waals surface area contributed by atoms with E-state index in [0.717, 1.165) is 55.4 Å². The quantitative estimate of drug-likeness (QED) is 0.0820. The molecule has 0 aliphatic carbocycles. The van der Waals surface area contributed by atoms with Crippen molar-refractivity contribution in [3.8, 4) is 5.75 Å². The van der Waals surface area contributed by atoms with Gasteiger partial charge in [0.25, 0.3) is 0 Å². The van der Waals surface area contributed by atoms with Crippen LogP contribution in [0.5, 0.6) is 5.75 Å². The molecule has 0 saturated carbocycles. The lowest BCUT2D eigenvalue weighted by atomic mass is 10.0. The van der Waals surface area contributed by atoms with Gasteiger partial charge in [0.15, 0.2) is 8.32 Å². The lowest BCUT2D eigenvalue weighted by Crippen LogP contribution is -2.44. The molecule has 0 fully saturated rings. The number of nitrogens with zero attached hydrogens (tertiary/aromatic N) is 1. The molecule has 4 rings (SSSR count). The largest absolute Gasteiger partial charge is 0.487 e. The zero-order valence-electron chi connectivity index (χ0n) is 26.4. The van der Waals surface area contributed by atoms with Crippen molar-refractivity contribution in [2.45, 2.75) is 77.4 Å². The summed E-state index contributed by atoms with van der Waals surface area (Å²) in [6, 6.07) is 28.4. The summed E-state index contributed by atoms with van der Waals surface area (Å²) in [4.78, 5) is 18.1. The fourth-order valence-electron chi connectivity index (χ4n) is 5.03. The van der Waals surface area contributed by atoms with Gasteiger partial charge in [0.2, 0.25) is 5.56 Å². The zero-order chi connectivity index (χ0) is 30.9. The minimum absolute atomic E-state index is 0.0404. The summed E-state index contributed by atoms with van der Waals surface area (Å²) in [7, 11) is -2.17. The van der Waals surface area contributed by atoms with E-state index in [0.29, 0.717) is 23.8 Å². The van der Waals surface area contributed by atoms with Gasteiger partial charge < -0.3 is 14.1 Å². The summed E-state index contributed by atoms with van der Waals surface area (Å²) in [6.45, 7) is 14.4. The molecule has 0 bridgehead atoms. The number of benzene rings is 3. The number of nitrogens with one attached hydrogen (secondary N) is 1. The van der Waals surface area contributed by atoms with Crippen LogP contribution >= 0.6 is 11.6 Å². The molecule has 0 radical (unpaired) electrons. The number of ether oxygens (including phenoxy) is 1. The van der Waals surface area contributed by atoms with Gasteiger partial charge in [0.1, 0.15) is 12.4 Å². The Labute approximate surface area is 263 Å². The molecule has 1 atom stereocenters. The summed E-state index contributed by atoms with van der Waals surface area (Å²) >= 11 is 6.00. The Morgan fingerprint density at radius 1 is 0.860 bits per heavy atom. The molecule has 5 nitrogen and oxygen atoms in total. The standard InChI is InChI=1S/C36H47ClN2O3Si/c1-36(2,3)43(4,5)42-33(26-39(24-14-8-13-23-37)25-28-15-9-6-10-16-28)30-19-21-32(35-31(30)20-22-34(40)38-35)41-27-29-17-11-7-12-18-29/h6-7,9-12,15-22,33H,8,13-14,23-27H2,1-5H3,(H,38,40)/t33-/m0/s1. The highest BCUT2D eigenvalue weighted by atomic mass is 35.5. The molecule has 0 spiro atoms. The third-order valence-electron chi connectivity index (χ3n) is 8.50. The van der Waals surface area contributed by atoms with Crippen molar-refractivity contribution in [1.29, 1.82) is 0 Å². The lowest BCUT2D eigenvalue weighted by molar-refractivity contribution is 0.115. The van der Waals surface area contributed by atoms with E-state index in [-0.39, 0.29) is 16.7 Å². The average molecular weight is 619 g/mol. The number of H-pyrrole nitrogens is 1. The molecule has 43 heavy (non-hydrogen) atoms. The van der Waals surface area contributed by atoms with E-state index in [1.807, 2.05) is 42.5 Å². The van der Waals surface area contributed by atoms with Crippen LogP contribution in [0, 0.1) is 0 Å². The van der Waals surface area contributed by atoms with E-state index >= 15 is 0 Å². The van der Waals surface area contributed by atoms with Crippen molar-refractivity contribution in [2.24, 2.45) is 0 Å². The molecular weight excluding hydrogens is 572 g/mol. The number of unbranched alkanes of at least 4 members (excludes halogenated alkanes) is 2. The van der Waals surface area contributed by atoms with Crippen molar-refractivity contribution >= 4 is 30.8 Å². The summed E-state index contributed by atoms with van der Waals surface area (Å²) in [6.07, 6.45) is 3.01. The van der Waals surface area contributed by atoms with Crippen LogP contribution in [-0.4, -0.2) is 37.2 Å². The number of alkyl halides is 1. The maximum absolute atomic E-state index is 12.6. The minimum Gasteiger partial charge on any atom is -0.487 e. The third kappa shape index (κ3) is 9.29. The number of rotatable bonds is 15. The van der Waals surface area contributed by atoms with Gasteiger partial charge in [-0.1, -0.05) is 93.9 Å². The predicted molar refractivity (Wildman–Crippen MR) is 183 cm³/mol. The molecule has 3 aromatic carbocycles. The number of hydrogen-bond donors (Lipinski definition) is 1. The molecule has 1 aromatic heterocycles. The van der Waals surface area contributed by atoms with Gasteiger partial charge in [-0.25, -0.2) is 0 Å². The van der Waals surface area contributed by atoms with E-state index in [4.69, 9.17) is 20.8 Å². The highest BCUT2D eigenvalue weighted by Crippen LogP contribution is 2.41. The number of aromatic nitrogens is 1. The second-order valence-corrected chi connectivity index (χ2v) is 18.0. The van der Waals surface area contributed by atoms with Crippen LogP contribution in [0.4, 0.5) is 0 Å². The topological polar surface area (TPSA) is 54.6 Å². The summed E-state index contributed by atoms with van der Waals surface area (Å²) < 4.78 is 13.5. The van der Waals surface area contributed by atoms with E-state index in [9.17, 15) is 4.79 Å². The van der Waals surface area contributed by atoms with Crippen LogP contribution in [0.25, 0.3) is 10.9 Å². The van der Waals surface area contributed by atoms with E-state index in [1.165, 1.54) is 5.56 Å². The van der Waals surface area contributed by atoms with E-state index in [1.54, 1.807) is 6.07 Å². The normalized spacial score (nSPS) is 13.0. The molecule has 0 amide bonds. The van der Waals surface area contributed by atoms with E-state index in [2.05, 4.69) is 80.1 Å². The van der Waals surface area contributed by atoms with Gasteiger partial charge in [-0.05, 0) is 66.3 Å². The summed E-state index contributed by atoms with van der Waals surface area (Å²) in [5.41, 5.74) is 3.98. The highest BCUT2D eigenvalue weighted by Gasteiger charge is 2.40. The van der Waals surface area contributed by atoms with Crippen molar-refractivity contribution in [3.05, 3.63) is 112 Å². The molecule has 0 saturated heterocycles. The molecule has 4 aromatic rings. The maximum atomic E-state index is 12.6. The fraction of sp³-hybridized carbons (Fsp3) is 0.417. The Morgan fingerprint density at radius 3 is 2.19 bits per heavy atom. The van der Waals surface area contributed by atoms with Gasteiger partial charge in [0.05, 0.1) is 11.6 Å². The first-order valence-corrected chi connectivity index (χ1v) is 18.8. The number of aromatic amines is 1. The Morgan fingerprint density at radius 2 is 1.53 bits per heavy atom. The van der Waals surface area contributed by atoms with Gasteiger partial charge in [0, 0.05) is 30.4 Å². The number of hydrogen-bond acceptors (Lipinski definition) is 4. The number of halogens is 1. The van der Waals surface area contributed by atoms with Crippen molar-refractivity contribution < 1.29 is 9.16 Å². The monoisotopic (exact) mass is 618 g/mol.